The van der Waals surface area contributed by atoms with E-state index in [2.05, 4.69) is 6.92 Å². The van der Waals surface area contributed by atoms with Crippen LogP contribution in [0.5, 0.6) is 0 Å². The lowest BCUT2D eigenvalue weighted by molar-refractivity contribution is 0.0819. The van der Waals surface area contributed by atoms with E-state index < -0.39 is 0 Å². The molecule has 1 fully saturated rings. The highest BCUT2D eigenvalue weighted by molar-refractivity contribution is 5.99. The molecule has 92 valence electrons. The summed E-state index contributed by atoms with van der Waals surface area (Å²) in [6.45, 7) is 4.26. The third kappa shape index (κ3) is 2.59. The molecule has 1 aliphatic rings. The number of ketones is 1. The fraction of sp³-hybridized carbons (Fsp3) is 0.562. The summed E-state index contributed by atoms with van der Waals surface area (Å²) in [5.41, 5.74) is 2.07. The van der Waals surface area contributed by atoms with Crippen molar-refractivity contribution in [2.75, 3.05) is 0 Å². The van der Waals surface area contributed by atoms with Crippen LogP contribution in [0.3, 0.4) is 0 Å². The Hall–Kier alpha value is -1.11. The molecule has 0 saturated heterocycles. The van der Waals surface area contributed by atoms with Gasteiger partial charge in [-0.15, -0.1) is 0 Å². The predicted octanol–water partition coefficient (Wildman–Crippen LogP) is 4.39. The number of hydrogen-bond donors (Lipinski definition) is 0. The van der Waals surface area contributed by atoms with E-state index in [1.54, 1.807) is 0 Å². The lowest BCUT2D eigenvalue weighted by Crippen LogP contribution is -2.27. The Kier molecular flexibility index (Phi) is 3.98. The molecule has 0 amide bonds. The van der Waals surface area contributed by atoms with Gasteiger partial charge in [-0.1, -0.05) is 50.5 Å². The summed E-state index contributed by atoms with van der Waals surface area (Å²) in [5, 5.41) is 0. The van der Waals surface area contributed by atoms with E-state index in [1.165, 1.54) is 19.3 Å². The maximum absolute atomic E-state index is 12.6. The number of aryl methyl sites for hydroxylation is 1. The molecule has 2 atom stereocenters. The van der Waals surface area contributed by atoms with Crippen LogP contribution in [0.1, 0.15) is 54.9 Å². The van der Waals surface area contributed by atoms with Gasteiger partial charge in [-0.05, 0) is 31.2 Å². The van der Waals surface area contributed by atoms with Gasteiger partial charge in [0.25, 0.3) is 0 Å². The Morgan fingerprint density at radius 1 is 1.24 bits per heavy atom. The minimum atomic E-state index is 0.273. The van der Waals surface area contributed by atoms with E-state index in [-0.39, 0.29) is 5.92 Å². The first-order chi connectivity index (χ1) is 8.24. The SMILES string of the molecule is CCC1CCCCC1C(=O)c1ccccc1C. The topological polar surface area (TPSA) is 17.1 Å². The molecule has 0 aromatic heterocycles. The summed E-state index contributed by atoms with van der Waals surface area (Å²) in [6.07, 6.45) is 5.99. The summed E-state index contributed by atoms with van der Waals surface area (Å²) in [4.78, 5) is 12.6. The standard InChI is InChI=1S/C16H22O/c1-3-13-9-5-7-11-15(13)16(17)14-10-6-4-8-12(14)2/h4,6,8,10,13,15H,3,5,7,9,11H2,1-2H3. The fourth-order valence-electron chi connectivity index (χ4n) is 3.09. The molecule has 2 unspecified atom stereocenters. The zero-order valence-electron chi connectivity index (χ0n) is 10.9. The minimum Gasteiger partial charge on any atom is -0.294 e. The number of Topliss-reactive ketones (excluding diaryl/α,β-unsaturated/α-hetero) is 1. The molecule has 1 nitrogen and oxygen atoms in total. The van der Waals surface area contributed by atoms with Gasteiger partial charge in [0, 0.05) is 11.5 Å². The van der Waals surface area contributed by atoms with Crippen molar-refractivity contribution in [1.29, 1.82) is 0 Å². The lowest BCUT2D eigenvalue weighted by atomic mass is 9.74. The van der Waals surface area contributed by atoms with E-state index >= 15 is 0 Å². The Morgan fingerprint density at radius 3 is 2.65 bits per heavy atom. The third-order valence-corrected chi connectivity index (χ3v) is 4.18. The van der Waals surface area contributed by atoms with Crippen molar-refractivity contribution in [2.24, 2.45) is 11.8 Å². The van der Waals surface area contributed by atoms with Crippen molar-refractivity contribution in [1.82, 2.24) is 0 Å². The van der Waals surface area contributed by atoms with Gasteiger partial charge in [0.1, 0.15) is 0 Å². The van der Waals surface area contributed by atoms with Crippen LogP contribution in [0.2, 0.25) is 0 Å². The Morgan fingerprint density at radius 2 is 1.94 bits per heavy atom. The zero-order valence-corrected chi connectivity index (χ0v) is 10.9. The normalized spacial score (nSPS) is 24.6. The van der Waals surface area contributed by atoms with Crippen molar-refractivity contribution in [3.8, 4) is 0 Å². The highest BCUT2D eigenvalue weighted by Gasteiger charge is 2.30. The Labute approximate surface area is 104 Å². The van der Waals surface area contributed by atoms with E-state index in [1.807, 2.05) is 31.2 Å². The van der Waals surface area contributed by atoms with E-state index in [0.717, 1.165) is 24.0 Å². The molecule has 17 heavy (non-hydrogen) atoms. The number of hydrogen-bond acceptors (Lipinski definition) is 1. The second kappa shape index (κ2) is 5.48. The minimum absolute atomic E-state index is 0.273. The van der Waals surface area contributed by atoms with Crippen LogP contribution < -0.4 is 0 Å². The second-order valence-electron chi connectivity index (χ2n) is 5.24. The van der Waals surface area contributed by atoms with Gasteiger partial charge in [-0.2, -0.15) is 0 Å². The van der Waals surface area contributed by atoms with Gasteiger partial charge in [0.05, 0.1) is 0 Å². The van der Waals surface area contributed by atoms with Crippen LogP contribution >= 0.6 is 0 Å². The quantitative estimate of drug-likeness (QED) is 0.704. The van der Waals surface area contributed by atoms with Gasteiger partial charge in [-0.3, -0.25) is 4.79 Å². The highest BCUT2D eigenvalue weighted by Crippen LogP contribution is 2.34. The van der Waals surface area contributed by atoms with Gasteiger partial charge < -0.3 is 0 Å². The van der Waals surface area contributed by atoms with Gasteiger partial charge >= 0.3 is 0 Å². The third-order valence-electron chi connectivity index (χ3n) is 4.18. The molecule has 1 heteroatoms. The number of carbonyl (C=O) groups is 1. The summed E-state index contributed by atoms with van der Waals surface area (Å²) in [6, 6.07) is 8.00. The van der Waals surface area contributed by atoms with Crippen LogP contribution in [0, 0.1) is 18.8 Å². The lowest BCUT2D eigenvalue weighted by Gasteiger charge is -2.30. The van der Waals surface area contributed by atoms with Crippen LogP contribution in [-0.4, -0.2) is 5.78 Å². The average molecular weight is 230 g/mol. The maximum Gasteiger partial charge on any atom is 0.166 e. The Bertz CT molecular complexity index is 394. The molecule has 0 spiro atoms. The number of rotatable bonds is 3. The molecule has 2 rings (SSSR count). The molecule has 0 aliphatic heterocycles. The van der Waals surface area contributed by atoms with Crippen molar-refractivity contribution < 1.29 is 4.79 Å². The Balaban J connectivity index is 2.21. The van der Waals surface area contributed by atoms with Gasteiger partial charge in [0.15, 0.2) is 5.78 Å². The predicted molar refractivity (Wildman–Crippen MR) is 71.2 cm³/mol. The van der Waals surface area contributed by atoms with Crippen LogP contribution in [-0.2, 0) is 0 Å². The molecular formula is C16H22O. The van der Waals surface area contributed by atoms with Crippen LogP contribution in [0.4, 0.5) is 0 Å². The molecule has 0 bridgehead atoms. The molecule has 0 heterocycles. The molecule has 1 aromatic carbocycles. The molecule has 1 aromatic rings. The molecule has 1 saturated carbocycles. The maximum atomic E-state index is 12.6. The largest absolute Gasteiger partial charge is 0.294 e. The number of benzene rings is 1. The molecule has 0 radical (unpaired) electrons. The van der Waals surface area contributed by atoms with Gasteiger partial charge in [0.2, 0.25) is 0 Å². The van der Waals surface area contributed by atoms with Crippen LogP contribution in [0.15, 0.2) is 24.3 Å². The zero-order chi connectivity index (χ0) is 12.3. The second-order valence-corrected chi connectivity index (χ2v) is 5.24. The van der Waals surface area contributed by atoms with Crippen molar-refractivity contribution in [3.05, 3.63) is 35.4 Å². The summed E-state index contributed by atoms with van der Waals surface area (Å²) in [7, 11) is 0. The molecule has 1 aliphatic carbocycles. The monoisotopic (exact) mass is 230 g/mol. The average Bonchev–Trinajstić information content (AvgIpc) is 2.38. The first-order valence-corrected chi connectivity index (χ1v) is 6.84. The first kappa shape index (κ1) is 12.3. The van der Waals surface area contributed by atoms with E-state index in [9.17, 15) is 4.79 Å². The highest BCUT2D eigenvalue weighted by atomic mass is 16.1. The fourth-order valence-corrected chi connectivity index (χ4v) is 3.09. The summed E-state index contributed by atoms with van der Waals surface area (Å²) < 4.78 is 0. The molecular weight excluding hydrogens is 208 g/mol. The van der Waals surface area contributed by atoms with Crippen molar-refractivity contribution in [3.63, 3.8) is 0 Å². The summed E-state index contributed by atoms with van der Waals surface area (Å²) in [5.74, 6) is 1.26. The smallest absolute Gasteiger partial charge is 0.166 e. The van der Waals surface area contributed by atoms with Crippen molar-refractivity contribution in [2.45, 2.75) is 46.0 Å². The van der Waals surface area contributed by atoms with E-state index in [4.69, 9.17) is 0 Å². The van der Waals surface area contributed by atoms with Crippen molar-refractivity contribution >= 4 is 5.78 Å². The van der Waals surface area contributed by atoms with Crippen LogP contribution in [0.25, 0.3) is 0 Å². The molecule has 0 N–H and O–H groups in total. The van der Waals surface area contributed by atoms with E-state index in [0.29, 0.717) is 11.7 Å². The summed E-state index contributed by atoms with van der Waals surface area (Å²) >= 11 is 0. The van der Waals surface area contributed by atoms with Gasteiger partial charge in [-0.25, -0.2) is 0 Å². The first-order valence-electron chi connectivity index (χ1n) is 6.84. The number of carbonyl (C=O) groups excluding carboxylic acids is 1.